The molecule has 0 fully saturated rings. The van der Waals surface area contributed by atoms with E-state index in [4.69, 9.17) is 9.47 Å². The monoisotopic (exact) mass is 431 g/mol. The summed E-state index contributed by atoms with van der Waals surface area (Å²) in [5, 5.41) is 3.07. The molecule has 27 heavy (non-hydrogen) atoms. The second kappa shape index (κ2) is 8.00. The number of hydrogen-bond acceptors (Lipinski definition) is 4. The Kier molecular flexibility index (Phi) is 5.70. The molecular formula is C20H22BrN3O3. The van der Waals surface area contributed by atoms with E-state index in [0.29, 0.717) is 21.5 Å². The van der Waals surface area contributed by atoms with Crippen molar-refractivity contribution in [1.82, 2.24) is 15.3 Å². The topological polar surface area (TPSA) is 76.2 Å². The molecule has 1 heterocycles. The maximum atomic E-state index is 12.9. The molecule has 0 spiro atoms. The number of rotatable bonds is 6. The maximum absolute atomic E-state index is 12.9. The summed E-state index contributed by atoms with van der Waals surface area (Å²) in [5.41, 5.74) is 2.27. The number of hydrogen-bond donors (Lipinski definition) is 2. The number of aromatic nitrogens is 2. The third-order valence-electron chi connectivity index (χ3n) is 4.36. The molecule has 0 aliphatic carbocycles. The van der Waals surface area contributed by atoms with Crippen molar-refractivity contribution in [3.05, 3.63) is 52.3 Å². The average molecular weight is 432 g/mol. The zero-order valence-corrected chi connectivity index (χ0v) is 17.3. The van der Waals surface area contributed by atoms with Crippen LogP contribution in [0.5, 0.6) is 11.5 Å². The molecule has 1 aromatic heterocycles. The lowest BCUT2D eigenvalue weighted by Crippen LogP contribution is -2.32. The maximum Gasteiger partial charge on any atom is 0.252 e. The number of fused-ring (bicyclic) bond motifs is 1. The van der Waals surface area contributed by atoms with Crippen molar-refractivity contribution in [2.75, 3.05) is 14.2 Å². The SMILES string of the molecule is COc1cc(C(=O)N[C@@H](c2nc3ccccc3[nH]2)C(C)C)cc(OC)c1Br. The normalized spacial score (nSPS) is 12.2. The minimum atomic E-state index is -0.259. The number of ether oxygens (including phenoxy) is 2. The highest BCUT2D eigenvalue weighted by Gasteiger charge is 2.23. The van der Waals surface area contributed by atoms with E-state index in [1.165, 1.54) is 0 Å². The number of aromatic amines is 1. The zero-order chi connectivity index (χ0) is 19.6. The Labute approximate surface area is 166 Å². The van der Waals surface area contributed by atoms with E-state index >= 15 is 0 Å². The van der Waals surface area contributed by atoms with Gasteiger partial charge < -0.3 is 19.8 Å². The summed E-state index contributed by atoms with van der Waals surface area (Å²) < 4.78 is 11.3. The van der Waals surface area contributed by atoms with Crippen LogP contribution in [0.15, 0.2) is 40.9 Å². The summed E-state index contributed by atoms with van der Waals surface area (Å²) >= 11 is 3.42. The quantitative estimate of drug-likeness (QED) is 0.603. The molecule has 0 aliphatic heterocycles. The van der Waals surface area contributed by atoms with E-state index in [9.17, 15) is 4.79 Å². The van der Waals surface area contributed by atoms with Crippen LogP contribution in [0.2, 0.25) is 0 Å². The molecule has 3 rings (SSSR count). The van der Waals surface area contributed by atoms with E-state index in [2.05, 4.69) is 31.2 Å². The lowest BCUT2D eigenvalue weighted by Gasteiger charge is -2.21. The van der Waals surface area contributed by atoms with E-state index in [1.54, 1.807) is 26.4 Å². The molecule has 2 N–H and O–H groups in total. The number of methoxy groups -OCH3 is 2. The third-order valence-corrected chi connectivity index (χ3v) is 5.14. The number of carbonyl (C=O) groups is 1. The van der Waals surface area contributed by atoms with Gasteiger partial charge in [-0.15, -0.1) is 0 Å². The van der Waals surface area contributed by atoms with Gasteiger partial charge in [-0.2, -0.15) is 0 Å². The van der Waals surface area contributed by atoms with Gasteiger partial charge in [-0.3, -0.25) is 4.79 Å². The first-order valence-electron chi connectivity index (χ1n) is 8.61. The Bertz CT molecular complexity index is 910. The summed E-state index contributed by atoms with van der Waals surface area (Å²) in [6.07, 6.45) is 0. The summed E-state index contributed by atoms with van der Waals surface area (Å²) in [6, 6.07) is 10.9. The van der Waals surface area contributed by atoms with E-state index in [-0.39, 0.29) is 17.9 Å². The van der Waals surface area contributed by atoms with Crippen molar-refractivity contribution in [3.8, 4) is 11.5 Å². The van der Waals surface area contributed by atoms with Gasteiger partial charge in [0.1, 0.15) is 21.8 Å². The number of para-hydroxylation sites is 2. The van der Waals surface area contributed by atoms with Gasteiger partial charge in [0.05, 0.1) is 31.3 Å². The lowest BCUT2D eigenvalue weighted by atomic mass is 10.0. The minimum Gasteiger partial charge on any atom is -0.495 e. The standard InChI is InChI=1S/C20H22BrN3O3/c1-11(2)18(19-22-13-7-5-6-8-14(13)23-19)24-20(25)12-9-15(26-3)17(21)16(10-12)27-4/h5-11,18H,1-4H3,(H,22,23)(H,24,25)/t18-/m1/s1. The minimum absolute atomic E-state index is 0.147. The van der Waals surface area contributed by atoms with Crippen molar-refractivity contribution < 1.29 is 14.3 Å². The van der Waals surface area contributed by atoms with Crippen LogP contribution < -0.4 is 14.8 Å². The van der Waals surface area contributed by atoms with Crippen molar-refractivity contribution >= 4 is 32.9 Å². The average Bonchev–Trinajstić information content (AvgIpc) is 3.09. The van der Waals surface area contributed by atoms with E-state index in [1.807, 2.05) is 38.1 Å². The van der Waals surface area contributed by atoms with Crippen LogP contribution in [0.1, 0.15) is 36.1 Å². The van der Waals surface area contributed by atoms with Crippen LogP contribution in [0, 0.1) is 5.92 Å². The first kappa shape index (κ1) is 19.2. The van der Waals surface area contributed by atoms with Crippen LogP contribution in [0.4, 0.5) is 0 Å². The Morgan fingerprint density at radius 1 is 1.15 bits per heavy atom. The van der Waals surface area contributed by atoms with Gasteiger partial charge in [0.2, 0.25) is 0 Å². The van der Waals surface area contributed by atoms with Crippen molar-refractivity contribution in [2.24, 2.45) is 5.92 Å². The first-order chi connectivity index (χ1) is 12.9. The zero-order valence-electron chi connectivity index (χ0n) is 15.7. The number of benzene rings is 2. The molecule has 0 radical (unpaired) electrons. The van der Waals surface area contributed by atoms with Gasteiger partial charge in [-0.1, -0.05) is 26.0 Å². The van der Waals surface area contributed by atoms with Crippen LogP contribution in [0.25, 0.3) is 11.0 Å². The molecule has 1 amide bonds. The number of imidazole rings is 1. The predicted molar refractivity (Wildman–Crippen MR) is 108 cm³/mol. The molecule has 2 aromatic carbocycles. The highest BCUT2D eigenvalue weighted by atomic mass is 79.9. The highest BCUT2D eigenvalue weighted by Crippen LogP contribution is 2.36. The molecular weight excluding hydrogens is 410 g/mol. The fraction of sp³-hybridized carbons (Fsp3) is 0.300. The van der Waals surface area contributed by atoms with Crippen LogP contribution in [0.3, 0.4) is 0 Å². The third kappa shape index (κ3) is 3.93. The Balaban J connectivity index is 1.92. The summed E-state index contributed by atoms with van der Waals surface area (Å²) in [7, 11) is 3.10. The van der Waals surface area contributed by atoms with Gasteiger partial charge in [-0.05, 0) is 46.1 Å². The van der Waals surface area contributed by atoms with Crippen LogP contribution in [-0.4, -0.2) is 30.1 Å². The summed E-state index contributed by atoms with van der Waals surface area (Å²) in [4.78, 5) is 20.9. The molecule has 3 aromatic rings. The smallest absolute Gasteiger partial charge is 0.252 e. The van der Waals surface area contributed by atoms with Gasteiger partial charge >= 0.3 is 0 Å². The number of nitrogens with zero attached hydrogens (tertiary/aromatic N) is 1. The van der Waals surface area contributed by atoms with Crippen molar-refractivity contribution in [1.29, 1.82) is 0 Å². The molecule has 6 nitrogen and oxygen atoms in total. The van der Waals surface area contributed by atoms with Crippen molar-refractivity contribution in [2.45, 2.75) is 19.9 Å². The van der Waals surface area contributed by atoms with Crippen LogP contribution in [-0.2, 0) is 0 Å². The fourth-order valence-corrected chi connectivity index (χ4v) is 3.45. The largest absolute Gasteiger partial charge is 0.495 e. The number of halogens is 1. The highest BCUT2D eigenvalue weighted by molar-refractivity contribution is 9.10. The molecule has 142 valence electrons. The number of nitrogens with one attached hydrogen (secondary N) is 2. The molecule has 0 saturated heterocycles. The summed E-state index contributed by atoms with van der Waals surface area (Å²) in [5.74, 6) is 1.72. The molecule has 7 heteroatoms. The number of H-pyrrole nitrogens is 1. The molecule has 0 saturated carbocycles. The van der Waals surface area contributed by atoms with Gasteiger partial charge in [0.15, 0.2) is 0 Å². The van der Waals surface area contributed by atoms with Gasteiger partial charge in [0.25, 0.3) is 5.91 Å². The van der Waals surface area contributed by atoms with Gasteiger partial charge in [-0.25, -0.2) is 4.98 Å². The second-order valence-electron chi connectivity index (χ2n) is 6.53. The fourth-order valence-electron chi connectivity index (χ4n) is 2.90. The van der Waals surface area contributed by atoms with E-state index in [0.717, 1.165) is 16.9 Å². The molecule has 0 bridgehead atoms. The lowest BCUT2D eigenvalue weighted by molar-refractivity contribution is 0.0922. The summed E-state index contributed by atoms with van der Waals surface area (Å²) in [6.45, 7) is 4.09. The number of amides is 1. The first-order valence-corrected chi connectivity index (χ1v) is 9.41. The number of carbonyl (C=O) groups excluding carboxylic acids is 1. The van der Waals surface area contributed by atoms with Gasteiger partial charge in [0, 0.05) is 5.56 Å². The Morgan fingerprint density at radius 2 is 1.78 bits per heavy atom. The second-order valence-corrected chi connectivity index (χ2v) is 7.32. The molecule has 0 unspecified atom stereocenters. The molecule has 0 aliphatic rings. The Hall–Kier alpha value is -2.54. The van der Waals surface area contributed by atoms with Crippen molar-refractivity contribution in [3.63, 3.8) is 0 Å². The van der Waals surface area contributed by atoms with Crippen LogP contribution >= 0.6 is 15.9 Å². The predicted octanol–water partition coefficient (Wildman–Crippen LogP) is 4.47. The molecule has 1 atom stereocenters. The Morgan fingerprint density at radius 3 is 2.33 bits per heavy atom. The van der Waals surface area contributed by atoms with E-state index < -0.39 is 0 Å².